The summed E-state index contributed by atoms with van der Waals surface area (Å²) in [5, 5.41) is 11.7. The monoisotopic (exact) mass is 316 g/mol. The number of hydrogen-bond acceptors (Lipinski definition) is 5. The molecule has 1 heterocycles. The van der Waals surface area contributed by atoms with Crippen LogP contribution >= 0.6 is 0 Å². The standard InChI is InChI=1S/C9H15F3N4O3S/c1-2-4-16-7(3-5-19-6-9(10,11)12)14-15-8(16)20(13,17)18/h2-6H2,1H3,(H2,13,17,18). The number of ether oxygens (including phenoxy) is 1. The van der Waals surface area contributed by atoms with Crippen molar-refractivity contribution >= 4 is 10.0 Å². The van der Waals surface area contributed by atoms with Gasteiger partial charge in [0.05, 0.1) is 6.61 Å². The average molecular weight is 316 g/mol. The number of primary sulfonamides is 1. The number of hydrogen-bond donors (Lipinski definition) is 1. The number of sulfonamides is 1. The van der Waals surface area contributed by atoms with E-state index in [4.69, 9.17) is 5.14 Å². The summed E-state index contributed by atoms with van der Waals surface area (Å²) in [4.78, 5) is 0. The highest BCUT2D eigenvalue weighted by molar-refractivity contribution is 7.89. The maximum absolute atomic E-state index is 11.9. The Morgan fingerprint density at radius 2 is 2.00 bits per heavy atom. The van der Waals surface area contributed by atoms with Crippen molar-refractivity contribution in [3.8, 4) is 0 Å². The minimum absolute atomic E-state index is 0.0125. The van der Waals surface area contributed by atoms with E-state index in [1.54, 1.807) is 6.92 Å². The van der Waals surface area contributed by atoms with Crippen molar-refractivity contribution < 1.29 is 26.3 Å². The van der Waals surface area contributed by atoms with E-state index < -0.39 is 28.0 Å². The van der Waals surface area contributed by atoms with Gasteiger partial charge in [-0.15, -0.1) is 10.2 Å². The quantitative estimate of drug-likeness (QED) is 0.736. The van der Waals surface area contributed by atoms with E-state index in [1.165, 1.54) is 4.57 Å². The minimum atomic E-state index is -4.40. The van der Waals surface area contributed by atoms with E-state index in [-0.39, 0.29) is 18.9 Å². The third-order valence-electron chi connectivity index (χ3n) is 2.23. The van der Waals surface area contributed by atoms with Gasteiger partial charge in [0.15, 0.2) is 0 Å². The predicted molar refractivity (Wildman–Crippen MR) is 62.3 cm³/mol. The third kappa shape index (κ3) is 5.06. The van der Waals surface area contributed by atoms with Gasteiger partial charge in [-0.25, -0.2) is 13.6 Å². The van der Waals surface area contributed by atoms with Crippen LogP contribution in [0.2, 0.25) is 0 Å². The molecule has 1 rings (SSSR count). The summed E-state index contributed by atoms with van der Waals surface area (Å²) in [7, 11) is -4.02. The van der Waals surface area contributed by atoms with Crippen molar-refractivity contribution in [1.82, 2.24) is 14.8 Å². The van der Waals surface area contributed by atoms with Crippen LogP contribution < -0.4 is 5.14 Å². The van der Waals surface area contributed by atoms with E-state index in [0.717, 1.165) is 0 Å². The number of nitrogens with two attached hydrogens (primary N) is 1. The van der Waals surface area contributed by atoms with Gasteiger partial charge < -0.3 is 9.30 Å². The van der Waals surface area contributed by atoms with Gasteiger partial charge in [-0.2, -0.15) is 13.2 Å². The van der Waals surface area contributed by atoms with Gasteiger partial charge in [-0.3, -0.25) is 0 Å². The molecule has 0 amide bonds. The number of halogens is 3. The molecular formula is C9H15F3N4O3S. The lowest BCUT2D eigenvalue weighted by atomic mass is 10.4. The van der Waals surface area contributed by atoms with Crippen LogP contribution in [-0.2, 0) is 27.7 Å². The first-order valence-electron chi connectivity index (χ1n) is 5.74. The summed E-state index contributed by atoms with van der Waals surface area (Å²) in [6.45, 7) is 0.493. The number of alkyl halides is 3. The molecule has 0 unspecified atom stereocenters. The number of rotatable bonds is 7. The maximum Gasteiger partial charge on any atom is 0.411 e. The molecule has 0 atom stereocenters. The Morgan fingerprint density at radius 1 is 1.35 bits per heavy atom. The Labute approximate surface area is 114 Å². The van der Waals surface area contributed by atoms with Crippen LogP contribution in [0.1, 0.15) is 19.2 Å². The normalized spacial score (nSPS) is 12.8. The molecule has 7 nitrogen and oxygen atoms in total. The lowest BCUT2D eigenvalue weighted by Crippen LogP contribution is -2.21. The molecule has 0 saturated carbocycles. The summed E-state index contributed by atoms with van der Waals surface area (Å²) in [5.74, 6) is 0.220. The van der Waals surface area contributed by atoms with Crippen molar-refractivity contribution in [3.63, 3.8) is 0 Å². The number of nitrogens with zero attached hydrogens (tertiary/aromatic N) is 3. The molecule has 1 aromatic rings. The number of aromatic nitrogens is 3. The Morgan fingerprint density at radius 3 is 2.50 bits per heavy atom. The van der Waals surface area contributed by atoms with Gasteiger partial charge in [0.1, 0.15) is 12.4 Å². The topological polar surface area (TPSA) is 100 Å². The molecule has 0 saturated heterocycles. The van der Waals surface area contributed by atoms with Gasteiger partial charge in [-0.1, -0.05) is 6.92 Å². The lowest BCUT2D eigenvalue weighted by molar-refractivity contribution is -0.173. The van der Waals surface area contributed by atoms with E-state index in [0.29, 0.717) is 13.0 Å². The molecule has 0 aliphatic carbocycles. The highest BCUT2D eigenvalue weighted by atomic mass is 32.2. The summed E-state index contributed by atoms with van der Waals surface area (Å²) >= 11 is 0. The second-order valence-corrected chi connectivity index (χ2v) is 5.47. The highest BCUT2D eigenvalue weighted by Gasteiger charge is 2.27. The highest BCUT2D eigenvalue weighted by Crippen LogP contribution is 2.15. The second-order valence-electron chi connectivity index (χ2n) is 4.01. The first-order chi connectivity index (χ1) is 9.15. The predicted octanol–water partition coefficient (Wildman–Crippen LogP) is 0.457. The summed E-state index contributed by atoms with van der Waals surface area (Å²) in [5.41, 5.74) is 0. The largest absolute Gasteiger partial charge is 0.411 e. The molecule has 0 aromatic carbocycles. The Balaban J connectivity index is 2.73. The maximum atomic E-state index is 11.9. The van der Waals surface area contributed by atoms with Crippen molar-refractivity contribution in [1.29, 1.82) is 0 Å². The van der Waals surface area contributed by atoms with Crippen LogP contribution in [0.4, 0.5) is 13.2 Å². The SMILES string of the molecule is CCCn1c(CCOCC(F)(F)F)nnc1S(N)(=O)=O. The van der Waals surface area contributed by atoms with Crippen LogP contribution in [0.25, 0.3) is 0 Å². The first kappa shape index (κ1) is 16.9. The molecule has 0 aliphatic heterocycles. The van der Waals surface area contributed by atoms with Crippen LogP contribution in [0.3, 0.4) is 0 Å². The van der Waals surface area contributed by atoms with Crippen molar-refractivity contribution in [2.75, 3.05) is 13.2 Å². The van der Waals surface area contributed by atoms with E-state index >= 15 is 0 Å². The lowest BCUT2D eigenvalue weighted by Gasteiger charge is -2.09. The Bertz CT molecular complexity index is 541. The van der Waals surface area contributed by atoms with Crippen LogP contribution in [0, 0.1) is 0 Å². The summed E-state index contributed by atoms with van der Waals surface area (Å²) in [6.07, 6.45) is -3.79. The molecule has 0 spiro atoms. The zero-order chi connectivity index (χ0) is 15.4. The van der Waals surface area contributed by atoms with Crippen molar-refractivity contribution in [3.05, 3.63) is 5.82 Å². The molecule has 0 fully saturated rings. The molecule has 0 bridgehead atoms. The van der Waals surface area contributed by atoms with Gasteiger partial charge >= 0.3 is 6.18 Å². The smallest absolute Gasteiger partial charge is 0.372 e. The van der Waals surface area contributed by atoms with Crippen molar-refractivity contribution in [2.45, 2.75) is 37.6 Å². The van der Waals surface area contributed by atoms with Crippen LogP contribution in [0.15, 0.2) is 5.16 Å². The van der Waals surface area contributed by atoms with Gasteiger partial charge in [0.25, 0.3) is 15.2 Å². The Hall–Kier alpha value is -1.20. The van der Waals surface area contributed by atoms with E-state index in [1.807, 2.05) is 0 Å². The van der Waals surface area contributed by atoms with Gasteiger partial charge in [0.2, 0.25) is 0 Å². The molecule has 2 N–H and O–H groups in total. The molecule has 20 heavy (non-hydrogen) atoms. The van der Waals surface area contributed by atoms with Crippen LogP contribution in [-0.4, -0.2) is 42.6 Å². The molecule has 11 heteroatoms. The van der Waals surface area contributed by atoms with Gasteiger partial charge in [-0.05, 0) is 6.42 Å². The zero-order valence-electron chi connectivity index (χ0n) is 10.7. The zero-order valence-corrected chi connectivity index (χ0v) is 11.5. The fourth-order valence-electron chi connectivity index (χ4n) is 1.51. The molecule has 1 aromatic heterocycles. The summed E-state index contributed by atoms with van der Waals surface area (Å²) in [6, 6.07) is 0. The van der Waals surface area contributed by atoms with Gasteiger partial charge in [0, 0.05) is 13.0 Å². The average Bonchev–Trinajstić information content (AvgIpc) is 2.67. The van der Waals surface area contributed by atoms with Crippen molar-refractivity contribution in [2.24, 2.45) is 5.14 Å². The Kier molecular flexibility index (Phi) is 5.48. The van der Waals surface area contributed by atoms with E-state index in [9.17, 15) is 21.6 Å². The summed E-state index contributed by atoms with van der Waals surface area (Å²) < 4.78 is 63.9. The molecule has 116 valence electrons. The fraction of sp³-hybridized carbons (Fsp3) is 0.778. The second kappa shape index (κ2) is 6.50. The molecule has 0 aliphatic rings. The van der Waals surface area contributed by atoms with Crippen LogP contribution in [0.5, 0.6) is 0 Å². The molecule has 0 radical (unpaired) electrons. The van der Waals surface area contributed by atoms with E-state index in [2.05, 4.69) is 14.9 Å². The first-order valence-corrected chi connectivity index (χ1v) is 7.29. The molecular weight excluding hydrogens is 301 g/mol. The minimum Gasteiger partial charge on any atom is -0.372 e. The third-order valence-corrected chi connectivity index (χ3v) is 3.04. The fourth-order valence-corrected chi connectivity index (χ4v) is 2.17.